The van der Waals surface area contributed by atoms with Gasteiger partial charge in [-0.1, -0.05) is 34.1 Å². The van der Waals surface area contributed by atoms with Crippen LogP contribution in [0.2, 0.25) is 0 Å². The Bertz CT molecular complexity index is 855. The van der Waals surface area contributed by atoms with E-state index >= 15 is 0 Å². The summed E-state index contributed by atoms with van der Waals surface area (Å²) in [5, 5.41) is 0.985. The first-order valence-corrected chi connectivity index (χ1v) is 7.53. The standard InChI is InChI=1S/C18H14BrNO/c1-11-6-7-13-10-14(8-9-17(13)20-11)18(21)15-4-3-5-16(19)12(15)2/h3-10H,1-2H3. The van der Waals surface area contributed by atoms with Gasteiger partial charge >= 0.3 is 0 Å². The summed E-state index contributed by atoms with van der Waals surface area (Å²) in [4.78, 5) is 17.2. The van der Waals surface area contributed by atoms with E-state index in [0.717, 1.165) is 32.2 Å². The number of aryl methyl sites for hydroxylation is 1. The molecule has 0 fully saturated rings. The number of hydrogen-bond acceptors (Lipinski definition) is 2. The monoisotopic (exact) mass is 339 g/mol. The number of aromatic nitrogens is 1. The van der Waals surface area contributed by atoms with Crippen LogP contribution < -0.4 is 0 Å². The minimum Gasteiger partial charge on any atom is -0.289 e. The van der Waals surface area contributed by atoms with E-state index in [0.29, 0.717) is 5.56 Å². The van der Waals surface area contributed by atoms with E-state index in [2.05, 4.69) is 20.9 Å². The second kappa shape index (κ2) is 5.41. The molecule has 3 aromatic rings. The molecule has 0 spiro atoms. The Balaban J connectivity index is 2.09. The van der Waals surface area contributed by atoms with Crippen molar-refractivity contribution in [3.8, 4) is 0 Å². The van der Waals surface area contributed by atoms with Crippen molar-refractivity contribution in [2.45, 2.75) is 13.8 Å². The summed E-state index contributed by atoms with van der Waals surface area (Å²) in [5.41, 5.74) is 4.27. The average molecular weight is 340 g/mol. The number of hydrogen-bond donors (Lipinski definition) is 0. The van der Waals surface area contributed by atoms with Crippen LogP contribution in [0.5, 0.6) is 0 Å². The van der Waals surface area contributed by atoms with Gasteiger partial charge in [-0.25, -0.2) is 0 Å². The van der Waals surface area contributed by atoms with Crippen molar-refractivity contribution in [2.75, 3.05) is 0 Å². The van der Waals surface area contributed by atoms with Gasteiger partial charge in [-0.2, -0.15) is 0 Å². The lowest BCUT2D eigenvalue weighted by atomic mass is 9.98. The Labute approximate surface area is 132 Å². The molecule has 1 aromatic heterocycles. The third-order valence-corrected chi connectivity index (χ3v) is 4.46. The van der Waals surface area contributed by atoms with Gasteiger partial charge in [0.25, 0.3) is 0 Å². The van der Waals surface area contributed by atoms with Crippen LogP contribution in [-0.2, 0) is 0 Å². The molecule has 1 heterocycles. The number of carbonyl (C=O) groups excluding carboxylic acids is 1. The molecule has 2 nitrogen and oxygen atoms in total. The van der Waals surface area contributed by atoms with Gasteiger partial charge in [-0.05, 0) is 49.7 Å². The fourth-order valence-corrected chi connectivity index (χ4v) is 2.74. The van der Waals surface area contributed by atoms with Gasteiger partial charge in [-0.15, -0.1) is 0 Å². The van der Waals surface area contributed by atoms with E-state index in [-0.39, 0.29) is 5.78 Å². The Kier molecular flexibility index (Phi) is 3.60. The number of pyridine rings is 1. The molecule has 0 bridgehead atoms. The highest BCUT2D eigenvalue weighted by molar-refractivity contribution is 9.10. The number of carbonyl (C=O) groups is 1. The highest BCUT2D eigenvalue weighted by Crippen LogP contribution is 2.23. The lowest BCUT2D eigenvalue weighted by Crippen LogP contribution is -2.04. The summed E-state index contributed by atoms with van der Waals surface area (Å²) in [7, 11) is 0. The molecule has 0 saturated heterocycles. The van der Waals surface area contributed by atoms with Crippen molar-refractivity contribution in [1.82, 2.24) is 4.98 Å². The number of ketones is 1. The van der Waals surface area contributed by atoms with Gasteiger partial charge < -0.3 is 0 Å². The Morgan fingerprint density at radius 3 is 2.67 bits per heavy atom. The van der Waals surface area contributed by atoms with Gasteiger partial charge in [0.2, 0.25) is 0 Å². The van der Waals surface area contributed by atoms with Crippen molar-refractivity contribution in [2.24, 2.45) is 0 Å². The minimum absolute atomic E-state index is 0.0382. The predicted octanol–water partition coefficient (Wildman–Crippen LogP) is 4.85. The van der Waals surface area contributed by atoms with Crippen molar-refractivity contribution in [1.29, 1.82) is 0 Å². The zero-order valence-corrected chi connectivity index (χ0v) is 13.4. The van der Waals surface area contributed by atoms with Crippen LogP contribution in [0.4, 0.5) is 0 Å². The van der Waals surface area contributed by atoms with Crippen molar-refractivity contribution in [3.05, 3.63) is 75.4 Å². The topological polar surface area (TPSA) is 30.0 Å². The summed E-state index contributed by atoms with van der Waals surface area (Å²) < 4.78 is 0.950. The molecule has 0 aliphatic carbocycles. The summed E-state index contributed by atoms with van der Waals surface area (Å²) in [6, 6.07) is 15.3. The summed E-state index contributed by atoms with van der Waals surface area (Å²) in [5.74, 6) is 0.0382. The lowest BCUT2D eigenvalue weighted by molar-refractivity contribution is 0.103. The molecule has 0 amide bonds. The van der Waals surface area contributed by atoms with E-state index in [1.807, 2.05) is 62.4 Å². The minimum atomic E-state index is 0.0382. The van der Waals surface area contributed by atoms with Gasteiger partial charge in [0.1, 0.15) is 0 Å². The molecule has 0 saturated carbocycles. The van der Waals surface area contributed by atoms with E-state index in [1.54, 1.807) is 0 Å². The third-order valence-electron chi connectivity index (χ3n) is 3.60. The molecule has 21 heavy (non-hydrogen) atoms. The normalized spacial score (nSPS) is 10.8. The maximum absolute atomic E-state index is 12.7. The van der Waals surface area contributed by atoms with Crippen LogP contribution >= 0.6 is 15.9 Å². The Hall–Kier alpha value is -2.00. The van der Waals surface area contributed by atoms with Crippen LogP contribution in [0.15, 0.2) is 53.0 Å². The number of fused-ring (bicyclic) bond motifs is 1. The maximum Gasteiger partial charge on any atom is 0.193 e. The largest absolute Gasteiger partial charge is 0.289 e. The molecule has 104 valence electrons. The van der Waals surface area contributed by atoms with Gasteiger partial charge in [0.15, 0.2) is 5.78 Å². The quantitative estimate of drug-likeness (QED) is 0.625. The first-order chi connectivity index (χ1) is 10.1. The van der Waals surface area contributed by atoms with Crippen LogP contribution in [-0.4, -0.2) is 10.8 Å². The summed E-state index contributed by atoms with van der Waals surface area (Å²) >= 11 is 3.47. The predicted molar refractivity (Wildman–Crippen MR) is 88.8 cm³/mol. The Morgan fingerprint density at radius 1 is 1.05 bits per heavy atom. The fraction of sp³-hybridized carbons (Fsp3) is 0.111. The van der Waals surface area contributed by atoms with Gasteiger partial charge in [-0.3, -0.25) is 9.78 Å². The smallest absolute Gasteiger partial charge is 0.193 e. The summed E-state index contributed by atoms with van der Waals surface area (Å²) in [6.07, 6.45) is 0. The first-order valence-electron chi connectivity index (χ1n) is 6.73. The molecule has 0 N–H and O–H groups in total. The van der Waals surface area contributed by atoms with Gasteiger partial charge in [0.05, 0.1) is 5.52 Å². The van der Waals surface area contributed by atoms with Crippen molar-refractivity contribution in [3.63, 3.8) is 0 Å². The number of nitrogens with zero attached hydrogens (tertiary/aromatic N) is 1. The molecule has 0 aliphatic rings. The zero-order valence-electron chi connectivity index (χ0n) is 11.9. The molecular weight excluding hydrogens is 326 g/mol. The SMILES string of the molecule is Cc1ccc2cc(C(=O)c3cccc(Br)c3C)ccc2n1. The lowest BCUT2D eigenvalue weighted by Gasteiger charge is -2.08. The summed E-state index contributed by atoms with van der Waals surface area (Å²) in [6.45, 7) is 3.91. The van der Waals surface area contributed by atoms with Crippen LogP contribution in [0.25, 0.3) is 10.9 Å². The zero-order chi connectivity index (χ0) is 15.0. The molecule has 0 atom stereocenters. The maximum atomic E-state index is 12.7. The van der Waals surface area contributed by atoms with Crippen LogP contribution in [0, 0.1) is 13.8 Å². The average Bonchev–Trinajstić information content (AvgIpc) is 2.49. The second-order valence-corrected chi connectivity index (χ2v) is 5.96. The van der Waals surface area contributed by atoms with E-state index in [9.17, 15) is 4.79 Å². The van der Waals surface area contributed by atoms with E-state index in [1.165, 1.54) is 0 Å². The first kappa shape index (κ1) is 14.0. The molecule has 3 rings (SSSR count). The van der Waals surface area contributed by atoms with E-state index < -0.39 is 0 Å². The number of halogens is 1. The van der Waals surface area contributed by atoms with Crippen molar-refractivity contribution < 1.29 is 4.79 Å². The number of benzene rings is 2. The number of rotatable bonds is 2. The molecule has 0 unspecified atom stereocenters. The Morgan fingerprint density at radius 2 is 1.86 bits per heavy atom. The molecule has 0 radical (unpaired) electrons. The van der Waals surface area contributed by atoms with Crippen LogP contribution in [0.1, 0.15) is 27.2 Å². The second-order valence-electron chi connectivity index (χ2n) is 5.10. The van der Waals surface area contributed by atoms with Crippen molar-refractivity contribution >= 4 is 32.6 Å². The van der Waals surface area contributed by atoms with Gasteiger partial charge in [0, 0.05) is 26.7 Å². The molecule has 3 heteroatoms. The highest BCUT2D eigenvalue weighted by Gasteiger charge is 2.13. The third kappa shape index (κ3) is 2.61. The molecule has 0 aliphatic heterocycles. The molecular formula is C18H14BrNO. The van der Waals surface area contributed by atoms with Crippen LogP contribution in [0.3, 0.4) is 0 Å². The van der Waals surface area contributed by atoms with E-state index in [4.69, 9.17) is 0 Å². The highest BCUT2D eigenvalue weighted by atomic mass is 79.9. The fourth-order valence-electron chi connectivity index (χ4n) is 2.38. The molecule has 2 aromatic carbocycles.